The Morgan fingerprint density at radius 1 is 0.439 bits per heavy atom. The number of unbranched alkanes of at least 4 members (excludes halogenated alkanes) is 10. The molecule has 0 radical (unpaired) electrons. The number of nitrogens with zero attached hydrogens (tertiary/aromatic N) is 2. The molecule has 0 aliphatic carbocycles. The second-order valence-electron chi connectivity index (χ2n) is 10.9. The first-order chi connectivity index (χ1) is 20.3. The van der Waals surface area contributed by atoms with Crippen molar-refractivity contribution in [2.45, 2.75) is 90.9 Å². The van der Waals surface area contributed by atoms with Gasteiger partial charge in [-0.1, -0.05) is 114 Å². The van der Waals surface area contributed by atoms with E-state index in [2.05, 4.69) is 77.6 Å². The Labute approximate surface area is 246 Å². The van der Waals surface area contributed by atoms with Crippen molar-refractivity contribution in [3.8, 4) is 45.4 Å². The van der Waals surface area contributed by atoms with E-state index in [4.69, 9.17) is 9.47 Å². The van der Waals surface area contributed by atoms with Gasteiger partial charge in [0.15, 0.2) is 11.6 Å². The van der Waals surface area contributed by atoms with Gasteiger partial charge in [-0.3, -0.25) is 0 Å². The zero-order chi connectivity index (χ0) is 28.5. The molecule has 0 aliphatic rings. The van der Waals surface area contributed by atoms with Gasteiger partial charge in [0.1, 0.15) is 11.5 Å². The van der Waals surface area contributed by atoms with Crippen LogP contribution in [0.15, 0.2) is 72.8 Å². The Balaban J connectivity index is 1.24. The summed E-state index contributed by atoms with van der Waals surface area (Å²) in [6, 6.07) is 24.9. The topological polar surface area (TPSA) is 60.0 Å². The largest absolute Gasteiger partial charge is 0.494 e. The minimum Gasteiger partial charge on any atom is -0.494 e. The molecule has 1 heterocycles. The Kier molecular flexibility index (Phi) is 12.8. The van der Waals surface area contributed by atoms with Crippen molar-refractivity contribution >= 4 is 0 Å². The van der Waals surface area contributed by atoms with Crippen LogP contribution in [0.5, 0.6) is 11.5 Å². The highest BCUT2D eigenvalue weighted by atomic mass is 16.5. The second-order valence-corrected chi connectivity index (χ2v) is 10.9. The van der Waals surface area contributed by atoms with Gasteiger partial charge in [-0.05, 0) is 60.4 Å². The number of H-pyrrole nitrogens is 1. The maximum absolute atomic E-state index is 5.94. The van der Waals surface area contributed by atoms with E-state index in [0.29, 0.717) is 0 Å². The van der Waals surface area contributed by atoms with E-state index in [0.717, 1.165) is 65.9 Å². The monoisotopic (exact) mass is 553 g/mol. The highest BCUT2D eigenvalue weighted by Gasteiger charge is 2.09. The number of hydrogen-bond donors (Lipinski definition) is 1. The summed E-state index contributed by atoms with van der Waals surface area (Å²) in [5, 5.41) is 8.78. The molecule has 0 saturated carbocycles. The average Bonchev–Trinajstić information content (AvgIpc) is 3.51. The van der Waals surface area contributed by atoms with Crippen LogP contribution in [0.1, 0.15) is 90.9 Å². The zero-order valence-electron chi connectivity index (χ0n) is 25.0. The molecule has 4 rings (SSSR count). The minimum absolute atomic E-state index is 0.753. The summed E-state index contributed by atoms with van der Waals surface area (Å²) in [4.78, 5) is 3.37. The quantitative estimate of drug-likeness (QED) is 0.117. The first kappa shape index (κ1) is 30.4. The van der Waals surface area contributed by atoms with Crippen molar-refractivity contribution in [3.05, 3.63) is 72.8 Å². The van der Waals surface area contributed by atoms with Crippen LogP contribution in [-0.2, 0) is 0 Å². The molecule has 5 heteroatoms. The summed E-state index contributed by atoms with van der Waals surface area (Å²) in [6.07, 6.45) is 15.2. The molecule has 1 N–H and O–H groups in total. The van der Waals surface area contributed by atoms with Crippen LogP contribution < -0.4 is 9.47 Å². The van der Waals surface area contributed by atoms with Gasteiger partial charge >= 0.3 is 0 Å². The Bertz CT molecular complexity index is 1250. The average molecular weight is 554 g/mol. The van der Waals surface area contributed by atoms with E-state index in [1.165, 1.54) is 69.8 Å². The maximum Gasteiger partial charge on any atom is 0.161 e. The van der Waals surface area contributed by atoms with Crippen molar-refractivity contribution in [2.75, 3.05) is 13.2 Å². The third kappa shape index (κ3) is 10.1. The first-order valence-electron chi connectivity index (χ1n) is 15.8. The smallest absolute Gasteiger partial charge is 0.161 e. The fourth-order valence-corrected chi connectivity index (χ4v) is 4.94. The van der Waals surface area contributed by atoms with Crippen LogP contribution >= 0.6 is 0 Å². The minimum atomic E-state index is 0.753. The summed E-state index contributed by atoms with van der Waals surface area (Å²) in [5.74, 6) is 3.34. The number of aromatic amines is 1. The molecule has 0 fully saturated rings. The van der Waals surface area contributed by atoms with Crippen LogP contribution in [0.25, 0.3) is 33.9 Å². The fourth-order valence-electron chi connectivity index (χ4n) is 4.94. The molecule has 3 aromatic carbocycles. The molecule has 0 aliphatic heterocycles. The highest BCUT2D eigenvalue weighted by Crippen LogP contribution is 2.27. The number of ether oxygens (including phenoxy) is 2. The Morgan fingerprint density at radius 2 is 0.780 bits per heavy atom. The number of hydrogen-bond acceptors (Lipinski definition) is 4. The lowest BCUT2D eigenvalue weighted by atomic mass is 10.0. The molecule has 0 bridgehead atoms. The van der Waals surface area contributed by atoms with Crippen molar-refractivity contribution in [3.63, 3.8) is 0 Å². The molecule has 4 aromatic rings. The van der Waals surface area contributed by atoms with Crippen LogP contribution in [0, 0.1) is 0 Å². The molecular weight excluding hydrogens is 506 g/mol. The van der Waals surface area contributed by atoms with Gasteiger partial charge in [0.05, 0.1) is 13.2 Å². The molecule has 0 amide bonds. The molecule has 41 heavy (non-hydrogen) atoms. The van der Waals surface area contributed by atoms with Crippen molar-refractivity contribution < 1.29 is 9.47 Å². The molecular formula is C36H47N3O2. The van der Waals surface area contributed by atoms with Gasteiger partial charge in [0.25, 0.3) is 0 Å². The number of nitrogens with one attached hydrogen (secondary N) is 1. The van der Waals surface area contributed by atoms with E-state index in [1.807, 2.05) is 24.3 Å². The molecule has 0 atom stereocenters. The first-order valence-corrected chi connectivity index (χ1v) is 15.8. The van der Waals surface area contributed by atoms with E-state index in [1.54, 1.807) is 0 Å². The second kappa shape index (κ2) is 17.3. The summed E-state index contributed by atoms with van der Waals surface area (Å²) >= 11 is 0. The SMILES string of the molecule is CCCCCCCCOc1ccc(-c2ccc(-c3nnc(-c4ccc(OCCCCCCCC)cc4)[nH]3)cc2)cc1. The lowest BCUT2D eigenvalue weighted by Gasteiger charge is -2.08. The van der Waals surface area contributed by atoms with Crippen LogP contribution in [0.4, 0.5) is 0 Å². The van der Waals surface area contributed by atoms with Crippen LogP contribution in [0.2, 0.25) is 0 Å². The highest BCUT2D eigenvalue weighted by molar-refractivity contribution is 5.69. The molecule has 218 valence electrons. The van der Waals surface area contributed by atoms with Crippen molar-refractivity contribution in [1.82, 2.24) is 15.2 Å². The van der Waals surface area contributed by atoms with Crippen molar-refractivity contribution in [1.29, 1.82) is 0 Å². The van der Waals surface area contributed by atoms with Crippen molar-refractivity contribution in [2.24, 2.45) is 0 Å². The molecule has 5 nitrogen and oxygen atoms in total. The predicted octanol–water partition coefficient (Wildman–Crippen LogP) is 10.3. The van der Waals surface area contributed by atoms with Gasteiger partial charge in [-0.15, -0.1) is 10.2 Å². The van der Waals surface area contributed by atoms with Gasteiger partial charge in [0.2, 0.25) is 0 Å². The van der Waals surface area contributed by atoms with Gasteiger partial charge in [-0.25, -0.2) is 0 Å². The van der Waals surface area contributed by atoms with E-state index in [-0.39, 0.29) is 0 Å². The Hall–Kier alpha value is -3.60. The summed E-state index contributed by atoms with van der Waals surface area (Å²) in [7, 11) is 0. The normalized spacial score (nSPS) is 11.1. The third-order valence-corrected chi connectivity index (χ3v) is 7.49. The number of benzene rings is 3. The zero-order valence-corrected chi connectivity index (χ0v) is 25.0. The van der Waals surface area contributed by atoms with Gasteiger partial charge < -0.3 is 14.5 Å². The standard InChI is InChI=1S/C36H47N3O2/c1-3-5-7-9-11-13-27-40-33-23-19-30(20-24-33)29-15-17-31(18-16-29)35-37-36(39-38-35)32-21-25-34(26-22-32)41-28-14-12-10-8-6-4-2/h15-26H,3-14,27-28H2,1-2H3,(H,37,38,39). The Morgan fingerprint density at radius 3 is 1.22 bits per heavy atom. The molecule has 1 aromatic heterocycles. The molecule has 0 unspecified atom stereocenters. The third-order valence-electron chi connectivity index (χ3n) is 7.49. The number of aromatic nitrogens is 3. The lowest BCUT2D eigenvalue weighted by Crippen LogP contribution is -1.97. The summed E-state index contributed by atoms with van der Waals surface area (Å²) < 4.78 is 11.9. The maximum atomic E-state index is 5.94. The number of rotatable bonds is 19. The summed E-state index contributed by atoms with van der Waals surface area (Å²) in [5.41, 5.74) is 4.32. The van der Waals surface area contributed by atoms with Crippen LogP contribution in [0.3, 0.4) is 0 Å². The lowest BCUT2D eigenvalue weighted by molar-refractivity contribution is 0.304. The van der Waals surface area contributed by atoms with E-state index >= 15 is 0 Å². The van der Waals surface area contributed by atoms with E-state index in [9.17, 15) is 0 Å². The summed E-state index contributed by atoms with van der Waals surface area (Å²) in [6.45, 7) is 6.06. The molecule has 0 saturated heterocycles. The van der Waals surface area contributed by atoms with E-state index < -0.39 is 0 Å². The van der Waals surface area contributed by atoms with Crippen LogP contribution in [-0.4, -0.2) is 28.4 Å². The molecule has 0 spiro atoms. The predicted molar refractivity (Wildman–Crippen MR) is 170 cm³/mol. The van der Waals surface area contributed by atoms with Gasteiger partial charge in [0, 0.05) is 11.1 Å². The van der Waals surface area contributed by atoms with Gasteiger partial charge in [-0.2, -0.15) is 0 Å². The fraction of sp³-hybridized carbons (Fsp3) is 0.444.